The number of likely N-dealkylation sites (tertiary alicyclic amines) is 1. The number of thiazole rings is 1. The molecule has 0 spiro atoms. The third-order valence-corrected chi connectivity index (χ3v) is 4.50. The quantitative estimate of drug-likeness (QED) is 0.870. The Morgan fingerprint density at radius 1 is 1.53 bits per heavy atom. The normalized spacial score (nSPS) is 18.7. The van der Waals surface area contributed by atoms with Gasteiger partial charge in [-0.25, -0.2) is 4.98 Å². The van der Waals surface area contributed by atoms with Crippen molar-refractivity contribution in [2.24, 2.45) is 0 Å². The number of hydrogen-bond donors (Lipinski definition) is 0. The van der Waals surface area contributed by atoms with Crippen LogP contribution in [0.5, 0.6) is 5.19 Å². The smallest absolute Gasteiger partial charge is 0.273 e. The molecule has 3 heterocycles. The fraction of sp³-hybridized carbons (Fsp3) is 0.385. The van der Waals surface area contributed by atoms with E-state index in [0.717, 1.165) is 18.5 Å². The summed E-state index contributed by atoms with van der Waals surface area (Å²) < 4.78 is 5.75. The van der Waals surface area contributed by atoms with Crippen molar-refractivity contribution in [2.75, 3.05) is 13.1 Å². The highest BCUT2D eigenvalue weighted by molar-refractivity contribution is 7.11. The first-order valence-corrected chi connectivity index (χ1v) is 7.98. The van der Waals surface area contributed by atoms with E-state index in [9.17, 15) is 4.79 Å². The topological polar surface area (TPSA) is 42.4 Å². The van der Waals surface area contributed by atoms with Crippen LogP contribution < -0.4 is 4.74 Å². The first-order valence-electron chi connectivity index (χ1n) is 6.16. The molecule has 2 aromatic heterocycles. The van der Waals surface area contributed by atoms with Crippen molar-refractivity contribution >= 4 is 28.6 Å². The van der Waals surface area contributed by atoms with Crippen LogP contribution in [0.4, 0.5) is 0 Å². The predicted octanol–water partition coefficient (Wildman–Crippen LogP) is 2.43. The third-order valence-electron chi connectivity index (χ3n) is 3.11. The van der Waals surface area contributed by atoms with Gasteiger partial charge < -0.3 is 9.64 Å². The van der Waals surface area contributed by atoms with E-state index in [1.54, 1.807) is 17.5 Å². The van der Waals surface area contributed by atoms with Crippen LogP contribution in [0.15, 0.2) is 28.4 Å². The zero-order valence-electron chi connectivity index (χ0n) is 10.3. The van der Waals surface area contributed by atoms with Crippen LogP contribution in [0.3, 0.4) is 0 Å². The molecule has 3 rings (SSSR count). The van der Waals surface area contributed by atoms with Crippen molar-refractivity contribution in [2.45, 2.75) is 18.9 Å². The maximum atomic E-state index is 12.1. The van der Waals surface area contributed by atoms with Gasteiger partial charge in [-0.2, -0.15) is 11.3 Å². The molecule has 0 unspecified atom stereocenters. The molecule has 1 atom stereocenters. The second-order valence-corrected chi connectivity index (χ2v) is 6.11. The summed E-state index contributed by atoms with van der Waals surface area (Å²) in [6.07, 6.45) is 3.19. The van der Waals surface area contributed by atoms with E-state index in [1.165, 1.54) is 11.3 Å². The first kappa shape index (κ1) is 12.6. The summed E-state index contributed by atoms with van der Waals surface area (Å²) in [5, 5.41) is 6.61. The summed E-state index contributed by atoms with van der Waals surface area (Å²) >= 11 is 3.11. The van der Waals surface area contributed by atoms with Crippen LogP contribution >= 0.6 is 22.7 Å². The molecule has 4 nitrogen and oxygen atoms in total. The number of aromatic nitrogens is 1. The molecule has 1 aliphatic heterocycles. The molecule has 0 radical (unpaired) electrons. The lowest BCUT2D eigenvalue weighted by molar-refractivity contribution is -0.129. The average molecular weight is 294 g/mol. The maximum absolute atomic E-state index is 12.1. The van der Waals surface area contributed by atoms with Gasteiger partial charge in [-0.3, -0.25) is 4.79 Å². The molecule has 100 valence electrons. The monoisotopic (exact) mass is 294 g/mol. The predicted molar refractivity (Wildman–Crippen MR) is 75.8 cm³/mol. The molecule has 1 fully saturated rings. The molecule has 1 saturated heterocycles. The highest BCUT2D eigenvalue weighted by Gasteiger charge is 2.27. The number of ether oxygens (including phenoxy) is 1. The zero-order chi connectivity index (χ0) is 13.1. The van der Waals surface area contributed by atoms with Gasteiger partial charge in [-0.15, -0.1) is 0 Å². The number of rotatable bonds is 4. The van der Waals surface area contributed by atoms with Gasteiger partial charge in [0.2, 0.25) is 5.91 Å². The Kier molecular flexibility index (Phi) is 3.79. The third kappa shape index (κ3) is 3.13. The molecule has 1 amide bonds. The van der Waals surface area contributed by atoms with Gasteiger partial charge in [0.05, 0.1) is 13.0 Å². The second kappa shape index (κ2) is 5.71. The van der Waals surface area contributed by atoms with E-state index in [2.05, 4.69) is 4.98 Å². The van der Waals surface area contributed by atoms with Gasteiger partial charge in [-0.1, -0.05) is 11.3 Å². The highest BCUT2D eigenvalue weighted by atomic mass is 32.1. The molecule has 0 N–H and O–H groups in total. The van der Waals surface area contributed by atoms with Gasteiger partial charge in [0.1, 0.15) is 6.10 Å². The molecule has 1 aliphatic rings. The number of thiophene rings is 1. The summed E-state index contributed by atoms with van der Waals surface area (Å²) in [5.74, 6) is 0.184. The number of nitrogens with zero attached hydrogens (tertiary/aromatic N) is 2. The van der Waals surface area contributed by atoms with Crippen molar-refractivity contribution in [3.05, 3.63) is 34.0 Å². The number of hydrogen-bond acceptors (Lipinski definition) is 5. The minimum Gasteiger partial charge on any atom is -0.465 e. The molecule has 2 aromatic rings. The minimum atomic E-state index is 0.0811. The molecular formula is C13H14N2O2S2. The van der Waals surface area contributed by atoms with Gasteiger partial charge in [0.15, 0.2) is 0 Å². The first-order chi connectivity index (χ1) is 9.31. The van der Waals surface area contributed by atoms with Gasteiger partial charge in [-0.05, 0) is 22.4 Å². The summed E-state index contributed by atoms with van der Waals surface area (Å²) in [7, 11) is 0. The standard InChI is InChI=1S/C13H14N2O2S2/c16-12(7-10-2-5-18-9-10)15-4-1-11(8-15)17-13-14-3-6-19-13/h2-3,5-6,9,11H,1,4,7-8H2/t11-/m0/s1. The van der Waals surface area contributed by atoms with E-state index in [-0.39, 0.29) is 12.0 Å². The van der Waals surface area contributed by atoms with Crippen molar-refractivity contribution in [3.8, 4) is 5.19 Å². The maximum Gasteiger partial charge on any atom is 0.273 e. The van der Waals surface area contributed by atoms with Gasteiger partial charge in [0.25, 0.3) is 5.19 Å². The fourth-order valence-electron chi connectivity index (χ4n) is 2.14. The fourth-order valence-corrected chi connectivity index (χ4v) is 3.36. The van der Waals surface area contributed by atoms with Crippen LogP contribution in [-0.4, -0.2) is 35.0 Å². The molecule has 0 bridgehead atoms. The van der Waals surface area contributed by atoms with Gasteiger partial charge in [0, 0.05) is 24.5 Å². The van der Waals surface area contributed by atoms with Crippen molar-refractivity contribution in [1.29, 1.82) is 0 Å². The SMILES string of the molecule is O=C(Cc1ccsc1)N1CC[C@H](Oc2nccs2)C1. The molecule has 19 heavy (non-hydrogen) atoms. The van der Waals surface area contributed by atoms with Crippen LogP contribution in [0.2, 0.25) is 0 Å². The highest BCUT2D eigenvalue weighted by Crippen LogP contribution is 2.21. The Balaban J connectivity index is 1.52. The summed E-state index contributed by atoms with van der Waals surface area (Å²) in [5.41, 5.74) is 1.10. The second-order valence-electron chi connectivity index (χ2n) is 4.47. The number of carbonyl (C=O) groups excluding carboxylic acids is 1. The molecule has 0 saturated carbocycles. The average Bonchev–Trinajstić information content (AvgIpc) is 3.10. The molecule has 0 aliphatic carbocycles. The number of amides is 1. The van der Waals surface area contributed by atoms with Crippen molar-refractivity contribution in [1.82, 2.24) is 9.88 Å². The number of carbonyl (C=O) groups is 1. The Morgan fingerprint density at radius 2 is 2.47 bits per heavy atom. The van der Waals surface area contributed by atoms with E-state index in [4.69, 9.17) is 4.74 Å². The Morgan fingerprint density at radius 3 is 3.21 bits per heavy atom. The van der Waals surface area contributed by atoms with Crippen LogP contribution in [0.25, 0.3) is 0 Å². The van der Waals surface area contributed by atoms with Crippen LogP contribution in [0, 0.1) is 0 Å². The van der Waals surface area contributed by atoms with Gasteiger partial charge >= 0.3 is 0 Å². The summed E-state index contributed by atoms with van der Waals surface area (Å²) in [6.45, 7) is 1.45. The Labute approximate surface area is 119 Å². The lowest BCUT2D eigenvalue weighted by Gasteiger charge is -2.16. The Hall–Kier alpha value is -1.40. The Bertz CT molecular complexity index is 525. The minimum absolute atomic E-state index is 0.0811. The summed E-state index contributed by atoms with van der Waals surface area (Å²) in [6, 6.07) is 2.00. The van der Waals surface area contributed by atoms with Crippen molar-refractivity contribution in [3.63, 3.8) is 0 Å². The van der Waals surface area contributed by atoms with Crippen LogP contribution in [-0.2, 0) is 11.2 Å². The molecule has 6 heteroatoms. The lowest BCUT2D eigenvalue weighted by Crippen LogP contribution is -2.32. The van der Waals surface area contributed by atoms with E-state index >= 15 is 0 Å². The van der Waals surface area contributed by atoms with E-state index < -0.39 is 0 Å². The zero-order valence-corrected chi connectivity index (χ0v) is 12.0. The lowest BCUT2D eigenvalue weighted by atomic mass is 10.2. The molecule has 0 aromatic carbocycles. The molecular weight excluding hydrogens is 280 g/mol. The van der Waals surface area contributed by atoms with Crippen LogP contribution in [0.1, 0.15) is 12.0 Å². The van der Waals surface area contributed by atoms with Crippen molar-refractivity contribution < 1.29 is 9.53 Å². The summed E-state index contributed by atoms with van der Waals surface area (Å²) in [4.78, 5) is 18.1. The van der Waals surface area contributed by atoms with E-state index in [0.29, 0.717) is 18.2 Å². The largest absolute Gasteiger partial charge is 0.465 e. The van der Waals surface area contributed by atoms with E-state index in [1.807, 2.05) is 27.1 Å².